The Morgan fingerprint density at radius 3 is 2.47 bits per heavy atom. The van der Waals surface area contributed by atoms with Crippen LogP contribution in [0.15, 0.2) is 6.07 Å². The number of aromatic nitrogens is 1. The second-order valence-corrected chi connectivity index (χ2v) is 3.29. The fourth-order valence-electron chi connectivity index (χ4n) is 1.11. The van der Waals surface area contributed by atoms with E-state index < -0.39 is 39.5 Å². The number of nitro groups is 1. The van der Waals surface area contributed by atoms with Crippen LogP contribution >= 0.6 is 11.6 Å². The lowest BCUT2D eigenvalue weighted by Gasteiger charge is -2.10. The molecule has 1 aromatic heterocycles. The molecule has 0 N–H and O–H groups in total. The molecule has 0 atom stereocenters. The van der Waals surface area contributed by atoms with Crippen molar-refractivity contribution in [3.05, 3.63) is 21.7 Å². The molecule has 104 valence electrons. The second kappa shape index (κ2) is 5.26. The van der Waals surface area contributed by atoms with Crippen LogP contribution in [-0.2, 0) is 0 Å². The number of nitrogens with zero attached hydrogens (tertiary/aromatic N) is 2. The van der Waals surface area contributed by atoms with Gasteiger partial charge in [0.05, 0.1) is 18.7 Å². The number of pyridine rings is 1. The van der Waals surface area contributed by atoms with Crippen molar-refractivity contribution in [1.82, 2.24) is 4.98 Å². The molecule has 0 aliphatic heterocycles. The highest BCUT2D eigenvalue weighted by Crippen LogP contribution is 2.36. The zero-order chi connectivity index (χ0) is 14.8. The molecule has 0 spiro atoms. The maximum absolute atomic E-state index is 12.1. The summed E-state index contributed by atoms with van der Waals surface area (Å²) in [6, 6.07) is 0.581. The summed E-state index contributed by atoms with van der Waals surface area (Å²) < 4.78 is 44.3. The first-order valence-corrected chi connectivity index (χ1v) is 4.72. The molecule has 0 aromatic carbocycles. The van der Waals surface area contributed by atoms with Crippen molar-refractivity contribution in [2.45, 2.75) is 6.36 Å². The van der Waals surface area contributed by atoms with Crippen LogP contribution in [0.1, 0.15) is 10.4 Å². The maximum atomic E-state index is 12.1. The SMILES string of the molecule is COc1c(C(=O)Cl)cc([N+](=O)[O-])nc1OC(F)(F)F. The normalized spacial score (nSPS) is 11.0. The first-order valence-electron chi connectivity index (χ1n) is 4.34. The van der Waals surface area contributed by atoms with Gasteiger partial charge in [0.25, 0.3) is 5.24 Å². The number of alkyl halides is 3. The van der Waals surface area contributed by atoms with Crippen molar-refractivity contribution in [3.63, 3.8) is 0 Å². The van der Waals surface area contributed by atoms with Gasteiger partial charge in [-0.3, -0.25) is 4.79 Å². The van der Waals surface area contributed by atoms with Crippen LogP contribution in [-0.4, -0.2) is 28.6 Å². The number of rotatable bonds is 4. The molecule has 1 aromatic rings. The van der Waals surface area contributed by atoms with E-state index in [4.69, 9.17) is 11.6 Å². The highest BCUT2D eigenvalue weighted by Gasteiger charge is 2.38. The van der Waals surface area contributed by atoms with Crippen LogP contribution in [0.4, 0.5) is 19.0 Å². The molecule has 0 saturated heterocycles. The molecule has 0 amide bonds. The van der Waals surface area contributed by atoms with Crippen LogP contribution in [0.25, 0.3) is 0 Å². The molecular formula is C8H4ClF3N2O5. The summed E-state index contributed by atoms with van der Waals surface area (Å²) in [5, 5.41) is 9.25. The largest absolute Gasteiger partial charge is 0.575 e. The Bertz CT molecular complexity index is 534. The Morgan fingerprint density at radius 2 is 2.11 bits per heavy atom. The lowest BCUT2D eigenvalue weighted by atomic mass is 10.2. The van der Waals surface area contributed by atoms with Crippen molar-refractivity contribution in [3.8, 4) is 11.6 Å². The minimum Gasteiger partial charge on any atom is -0.489 e. The Balaban J connectivity index is 3.49. The minimum atomic E-state index is -5.16. The summed E-state index contributed by atoms with van der Waals surface area (Å²) in [6.07, 6.45) is -5.16. The van der Waals surface area contributed by atoms with E-state index in [1.165, 1.54) is 0 Å². The fraction of sp³-hybridized carbons (Fsp3) is 0.250. The average Bonchev–Trinajstić information content (AvgIpc) is 2.25. The summed E-state index contributed by atoms with van der Waals surface area (Å²) in [7, 11) is 0.926. The third-order valence-corrected chi connectivity index (χ3v) is 1.95. The van der Waals surface area contributed by atoms with Gasteiger partial charge in [0.15, 0.2) is 0 Å². The third-order valence-electron chi connectivity index (χ3n) is 1.74. The zero-order valence-corrected chi connectivity index (χ0v) is 9.78. The number of carbonyl (C=O) groups is 1. The second-order valence-electron chi connectivity index (χ2n) is 2.95. The van der Waals surface area contributed by atoms with E-state index >= 15 is 0 Å². The van der Waals surface area contributed by atoms with E-state index in [0.29, 0.717) is 6.07 Å². The molecule has 0 aliphatic rings. The number of hydrogen-bond donors (Lipinski definition) is 0. The molecule has 0 radical (unpaired) electrons. The van der Waals surface area contributed by atoms with Gasteiger partial charge in [-0.15, -0.1) is 13.2 Å². The van der Waals surface area contributed by atoms with E-state index in [1.54, 1.807) is 0 Å². The van der Waals surface area contributed by atoms with Crippen molar-refractivity contribution in [2.24, 2.45) is 0 Å². The molecule has 0 bridgehead atoms. The van der Waals surface area contributed by atoms with E-state index in [1.807, 2.05) is 0 Å². The van der Waals surface area contributed by atoms with E-state index in [-0.39, 0.29) is 0 Å². The lowest BCUT2D eigenvalue weighted by Crippen LogP contribution is -2.19. The molecule has 0 saturated carbocycles. The molecule has 19 heavy (non-hydrogen) atoms. The molecule has 1 rings (SSSR count). The van der Waals surface area contributed by atoms with Crippen molar-refractivity contribution >= 4 is 22.7 Å². The van der Waals surface area contributed by atoms with Gasteiger partial charge in [0.1, 0.15) is 0 Å². The van der Waals surface area contributed by atoms with Gasteiger partial charge in [0, 0.05) is 4.98 Å². The molecular weight excluding hydrogens is 297 g/mol. The molecule has 0 fully saturated rings. The highest BCUT2D eigenvalue weighted by molar-refractivity contribution is 6.68. The molecule has 11 heteroatoms. The van der Waals surface area contributed by atoms with Crippen LogP contribution in [0, 0.1) is 10.1 Å². The van der Waals surface area contributed by atoms with Gasteiger partial charge in [0.2, 0.25) is 5.75 Å². The van der Waals surface area contributed by atoms with Gasteiger partial charge in [-0.05, 0) is 16.5 Å². The van der Waals surface area contributed by atoms with E-state index in [9.17, 15) is 28.1 Å². The molecule has 1 heterocycles. The topological polar surface area (TPSA) is 91.6 Å². The standard InChI is InChI=1S/C8H4ClF3N2O5/c1-18-5-3(6(9)15)2-4(14(16)17)13-7(5)19-8(10,11)12/h2H,1H3. The number of ether oxygens (including phenoxy) is 2. The minimum absolute atomic E-state index is 0.581. The van der Waals surface area contributed by atoms with Crippen molar-refractivity contribution < 1.29 is 32.4 Å². The van der Waals surface area contributed by atoms with Crippen LogP contribution < -0.4 is 9.47 Å². The zero-order valence-electron chi connectivity index (χ0n) is 9.02. The molecule has 0 unspecified atom stereocenters. The number of hydrogen-bond acceptors (Lipinski definition) is 6. The summed E-state index contributed by atoms with van der Waals surface area (Å²) in [6.45, 7) is 0. The van der Waals surface area contributed by atoms with E-state index in [0.717, 1.165) is 7.11 Å². The smallest absolute Gasteiger partial charge is 0.489 e. The predicted molar refractivity (Wildman–Crippen MR) is 54.3 cm³/mol. The summed E-state index contributed by atoms with van der Waals surface area (Å²) in [4.78, 5) is 23.4. The molecule has 0 aliphatic carbocycles. The number of carbonyl (C=O) groups excluding carboxylic acids is 1. The first kappa shape index (κ1) is 15.0. The van der Waals surface area contributed by atoms with Gasteiger partial charge in [-0.25, -0.2) is 0 Å². The van der Waals surface area contributed by atoms with Gasteiger partial charge in [-0.1, -0.05) is 0 Å². The van der Waals surface area contributed by atoms with Crippen molar-refractivity contribution in [2.75, 3.05) is 7.11 Å². The monoisotopic (exact) mass is 300 g/mol. The fourth-order valence-corrected chi connectivity index (χ4v) is 1.25. The summed E-state index contributed by atoms with van der Waals surface area (Å²) >= 11 is 5.10. The Morgan fingerprint density at radius 1 is 1.53 bits per heavy atom. The first-order chi connectivity index (χ1) is 8.65. The maximum Gasteiger partial charge on any atom is 0.575 e. The number of methoxy groups -OCH3 is 1. The number of halogens is 4. The Labute approximate surface area is 108 Å². The Hall–Kier alpha value is -2.10. The van der Waals surface area contributed by atoms with Crippen LogP contribution in [0.5, 0.6) is 11.6 Å². The summed E-state index contributed by atoms with van der Waals surface area (Å²) in [5.74, 6) is -3.06. The van der Waals surface area contributed by atoms with Crippen LogP contribution in [0.3, 0.4) is 0 Å². The highest BCUT2D eigenvalue weighted by atomic mass is 35.5. The molecule has 7 nitrogen and oxygen atoms in total. The van der Waals surface area contributed by atoms with Gasteiger partial charge in [-0.2, -0.15) is 0 Å². The van der Waals surface area contributed by atoms with E-state index in [2.05, 4.69) is 14.5 Å². The Kier molecular flexibility index (Phi) is 4.14. The van der Waals surface area contributed by atoms with Crippen LogP contribution in [0.2, 0.25) is 0 Å². The van der Waals surface area contributed by atoms with Crippen molar-refractivity contribution in [1.29, 1.82) is 0 Å². The lowest BCUT2D eigenvalue weighted by molar-refractivity contribution is -0.390. The third kappa shape index (κ3) is 3.68. The van der Waals surface area contributed by atoms with Gasteiger partial charge >= 0.3 is 18.1 Å². The summed E-state index contributed by atoms with van der Waals surface area (Å²) in [5.41, 5.74) is -0.662. The predicted octanol–water partition coefficient (Wildman–Crippen LogP) is 2.28. The van der Waals surface area contributed by atoms with Gasteiger partial charge < -0.3 is 19.6 Å². The average molecular weight is 301 g/mol. The quantitative estimate of drug-likeness (QED) is 0.481.